The third-order valence-corrected chi connectivity index (χ3v) is 2.52. The molecule has 3 nitrogen and oxygen atoms in total. The maximum atomic E-state index is 13.2. The fourth-order valence-corrected chi connectivity index (χ4v) is 1.83. The summed E-state index contributed by atoms with van der Waals surface area (Å²) in [6.07, 6.45) is 4.18. The maximum absolute atomic E-state index is 13.2. The Bertz CT molecular complexity index is 316. The van der Waals surface area contributed by atoms with Crippen LogP contribution >= 0.6 is 0 Å². The largest absolute Gasteiger partial charge is 0.352 e. The third-order valence-electron chi connectivity index (χ3n) is 2.52. The molecule has 4 heteroatoms. The van der Waals surface area contributed by atoms with Gasteiger partial charge in [-0.2, -0.15) is 0 Å². The average molecular weight is 195 g/mol. The summed E-state index contributed by atoms with van der Waals surface area (Å²) in [7, 11) is 0. The minimum atomic E-state index is -0.717. The van der Waals surface area contributed by atoms with Crippen LogP contribution in [0.3, 0.4) is 0 Å². The second-order valence-corrected chi connectivity index (χ2v) is 3.65. The first-order chi connectivity index (χ1) is 6.77. The van der Waals surface area contributed by atoms with Crippen LogP contribution in [0.1, 0.15) is 18.5 Å². The summed E-state index contributed by atoms with van der Waals surface area (Å²) in [5.74, 6) is 0.829. The van der Waals surface area contributed by atoms with Gasteiger partial charge in [-0.25, -0.2) is 9.37 Å². The predicted molar refractivity (Wildman–Crippen MR) is 53.1 cm³/mol. The average Bonchev–Trinajstić information content (AvgIpc) is 2.18. The number of halogens is 1. The van der Waals surface area contributed by atoms with Crippen molar-refractivity contribution in [2.45, 2.75) is 25.9 Å². The number of hydrogen-bond acceptors (Lipinski definition) is 3. The van der Waals surface area contributed by atoms with E-state index in [1.165, 1.54) is 0 Å². The lowest BCUT2D eigenvalue weighted by molar-refractivity contribution is 0.286. The van der Waals surface area contributed by atoms with E-state index in [1.54, 1.807) is 12.4 Å². The minimum absolute atomic E-state index is 0.458. The van der Waals surface area contributed by atoms with E-state index in [2.05, 4.69) is 9.97 Å². The van der Waals surface area contributed by atoms with Gasteiger partial charge in [-0.05, 0) is 19.8 Å². The van der Waals surface area contributed by atoms with Gasteiger partial charge in [0, 0.05) is 18.9 Å². The first-order valence-electron chi connectivity index (χ1n) is 4.94. The molecule has 1 aliphatic rings. The Labute approximate surface area is 83.0 Å². The summed E-state index contributed by atoms with van der Waals surface area (Å²) in [6.45, 7) is 3.25. The summed E-state index contributed by atoms with van der Waals surface area (Å²) >= 11 is 0. The van der Waals surface area contributed by atoms with E-state index < -0.39 is 6.17 Å². The van der Waals surface area contributed by atoms with Crippen LogP contribution < -0.4 is 4.90 Å². The minimum Gasteiger partial charge on any atom is -0.352 e. The summed E-state index contributed by atoms with van der Waals surface area (Å²) in [5.41, 5.74) is 0.876. The molecule has 0 aromatic carbocycles. The van der Waals surface area contributed by atoms with Crippen molar-refractivity contribution in [3.8, 4) is 0 Å². The lowest BCUT2D eigenvalue weighted by Gasteiger charge is -2.30. The number of alkyl halides is 1. The maximum Gasteiger partial charge on any atom is 0.150 e. The molecule has 0 amide bonds. The molecule has 0 spiro atoms. The van der Waals surface area contributed by atoms with E-state index in [0.29, 0.717) is 13.0 Å². The molecule has 14 heavy (non-hydrogen) atoms. The summed E-state index contributed by atoms with van der Waals surface area (Å²) in [5, 5.41) is 0. The van der Waals surface area contributed by atoms with Crippen LogP contribution in [-0.4, -0.2) is 29.2 Å². The third kappa shape index (κ3) is 1.84. The molecule has 0 unspecified atom stereocenters. The Hall–Kier alpha value is -1.19. The number of aromatic nitrogens is 2. The molecular formula is C10H14FN3. The number of rotatable bonds is 1. The van der Waals surface area contributed by atoms with E-state index >= 15 is 0 Å². The zero-order valence-corrected chi connectivity index (χ0v) is 8.28. The molecule has 1 aliphatic heterocycles. The molecule has 0 saturated carbocycles. The Morgan fingerprint density at radius 2 is 2.21 bits per heavy atom. The fourth-order valence-electron chi connectivity index (χ4n) is 1.83. The molecular weight excluding hydrogens is 181 g/mol. The topological polar surface area (TPSA) is 29.0 Å². The Balaban J connectivity index is 2.18. The van der Waals surface area contributed by atoms with E-state index in [9.17, 15) is 4.39 Å². The highest BCUT2D eigenvalue weighted by Gasteiger charge is 2.21. The molecule has 1 aromatic rings. The highest BCUT2D eigenvalue weighted by atomic mass is 19.1. The first-order valence-corrected chi connectivity index (χ1v) is 4.94. The van der Waals surface area contributed by atoms with Gasteiger partial charge in [0.15, 0.2) is 0 Å². The smallest absolute Gasteiger partial charge is 0.150 e. The molecule has 0 radical (unpaired) electrons. The van der Waals surface area contributed by atoms with Crippen molar-refractivity contribution in [3.05, 3.63) is 18.1 Å². The number of piperidine rings is 1. The molecule has 0 bridgehead atoms. The van der Waals surface area contributed by atoms with Crippen LogP contribution in [0.4, 0.5) is 10.2 Å². The van der Waals surface area contributed by atoms with Crippen LogP contribution in [0.5, 0.6) is 0 Å². The summed E-state index contributed by atoms with van der Waals surface area (Å²) in [4.78, 5) is 10.4. The molecule has 1 fully saturated rings. The monoisotopic (exact) mass is 195 g/mol. The van der Waals surface area contributed by atoms with Gasteiger partial charge in [0.05, 0.1) is 12.2 Å². The van der Waals surface area contributed by atoms with Crippen molar-refractivity contribution >= 4 is 5.82 Å². The van der Waals surface area contributed by atoms with Crippen molar-refractivity contribution in [1.29, 1.82) is 0 Å². The van der Waals surface area contributed by atoms with Gasteiger partial charge in [0.1, 0.15) is 12.0 Å². The first kappa shape index (κ1) is 9.37. The van der Waals surface area contributed by atoms with Crippen molar-refractivity contribution in [2.24, 2.45) is 0 Å². The lowest BCUT2D eigenvalue weighted by Crippen LogP contribution is -2.37. The Morgan fingerprint density at radius 1 is 1.43 bits per heavy atom. The van der Waals surface area contributed by atoms with E-state index in [4.69, 9.17) is 0 Å². The molecule has 2 rings (SSSR count). The van der Waals surface area contributed by atoms with Gasteiger partial charge >= 0.3 is 0 Å². The quantitative estimate of drug-likeness (QED) is 0.683. The fraction of sp³-hybridized carbons (Fsp3) is 0.600. The molecule has 0 N–H and O–H groups in total. The molecule has 76 valence electrons. The second-order valence-electron chi connectivity index (χ2n) is 3.65. The summed E-state index contributed by atoms with van der Waals surface area (Å²) < 4.78 is 13.2. The Morgan fingerprint density at radius 3 is 2.93 bits per heavy atom. The number of anilines is 1. The predicted octanol–water partition coefficient (Wildman–Crippen LogP) is 1.72. The zero-order valence-electron chi connectivity index (χ0n) is 8.28. The van der Waals surface area contributed by atoms with Crippen LogP contribution in [0.2, 0.25) is 0 Å². The summed E-state index contributed by atoms with van der Waals surface area (Å²) in [6, 6.07) is 0. The number of hydrogen-bond donors (Lipinski definition) is 0. The standard InChI is InChI=1S/C10H14FN3/c1-8-10(13-5-4-12-8)14-6-2-3-9(11)7-14/h4-5,9H,2-3,6-7H2,1H3/t9-/m1/s1. The molecule has 1 saturated heterocycles. The highest BCUT2D eigenvalue weighted by Crippen LogP contribution is 2.20. The van der Waals surface area contributed by atoms with E-state index in [-0.39, 0.29) is 0 Å². The van der Waals surface area contributed by atoms with Gasteiger partial charge in [0.25, 0.3) is 0 Å². The van der Waals surface area contributed by atoms with Crippen molar-refractivity contribution in [2.75, 3.05) is 18.0 Å². The van der Waals surface area contributed by atoms with Crippen LogP contribution in [-0.2, 0) is 0 Å². The van der Waals surface area contributed by atoms with Gasteiger partial charge in [0.2, 0.25) is 0 Å². The lowest BCUT2D eigenvalue weighted by atomic mass is 10.1. The molecule has 1 atom stereocenters. The second kappa shape index (κ2) is 3.90. The van der Waals surface area contributed by atoms with Crippen LogP contribution in [0.25, 0.3) is 0 Å². The number of nitrogens with zero attached hydrogens (tertiary/aromatic N) is 3. The highest BCUT2D eigenvalue weighted by molar-refractivity contribution is 5.42. The van der Waals surface area contributed by atoms with E-state index in [1.807, 2.05) is 11.8 Å². The van der Waals surface area contributed by atoms with Gasteiger partial charge in [-0.1, -0.05) is 0 Å². The van der Waals surface area contributed by atoms with Crippen LogP contribution in [0, 0.1) is 6.92 Å². The number of aryl methyl sites for hydroxylation is 1. The SMILES string of the molecule is Cc1nccnc1N1CCC[C@@H](F)C1. The van der Waals surface area contributed by atoms with Crippen molar-refractivity contribution in [1.82, 2.24) is 9.97 Å². The zero-order chi connectivity index (χ0) is 9.97. The molecule has 1 aromatic heterocycles. The molecule has 0 aliphatic carbocycles. The Kier molecular flexibility index (Phi) is 2.61. The van der Waals surface area contributed by atoms with Crippen molar-refractivity contribution in [3.63, 3.8) is 0 Å². The van der Waals surface area contributed by atoms with Crippen LogP contribution in [0.15, 0.2) is 12.4 Å². The van der Waals surface area contributed by atoms with E-state index in [0.717, 1.165) is 24.5 Å². The van der Waals surface area contributed by atoms with Gasteiger partial charge in [-0.15, -0.1) is 0 Å². The van der Waals surface area contributed by atoms with Gasteiger partial charge in [-0.3, -0.25) is 4.98 Å². The molecule has 2 heterocycles. The van der Waals surface area contributed by atoms with Crippen molar-refractivity contribution < 1.29 is 4.39 Å². The normalized spacial score (nSPS) is 22.4. The van der Waals surface area contributed by atoms with Gasteiger partial charge < -0.3 is 4.90 Å².